The molecular weight excluding hydrogens is 202 g/mol. The number of phenols is 1. The number of hydrogen-bond donors (Lipinski definition) is 3. The van der Waals surface area contributed by atoms with E-state index in [9.17, 15) is 5.11 Å². The lowest BCUT2D eigenvalue weighted by atomic mass is 10.1. The van der Waals surface area contributed by atoms with E-state index < -0.39 is 0 Å². The molecule has 4 nitrogen and oxygen atoms in total. The summed E-state index contributed by atoms with van der Waals surface area (Å²) in [6, 6.07) is 5.39. The Morgan fingerprint density at radius 1 is 1.44 bits per heavy atom. The summed E-state index contributed by atoms with van der Waals surface area (Å²) in [6.45, 7) is 5.88. The van der Waals surface area contributed by atoms with Gasteiger partial charge in [-0.1, -0.05) is 6.92 Å². The van der Waals surface area contributed by atoms with Gasteiger partial charge in [0.2, 0.25) is 0 Å². The largest absolute Gasteiger partial charge is 0.508 e. The molecule has 1 aliphatic rings. The molecule has 0 bridgehead atoms. The second-order valence-electron chi connectivity index (χ2n) is 4.36. The molecule has 0 amide bonds. The molecule has 0 aliphatic carbocycles. The van der Waals surface area contributed by atoms with Crippen LogP contribution in [0.2, 0.25) is 0 Å². The lowest BCUT2D eigenvalue weighted by Gasteiger charge is -2.20. The molecule has 0 saturated heterocycles. The van der Waals surface area contributed by atoms with Crippen LogP contribution in [-0.4, -0.2) is 24.2 Å². The van der Waals surface area contributed by atoms with Crippen molar-refractivity contribution < 1.29 is 5.11 Å². The van der Waals surface area contributed by atoms with Gasteiger partial charge in [-0.3, -0.25) is 4.99 Å². The van der Waals surface area contributed by atoms with Crippen LogP contribution in [0.3, 0.4) is 0 Å². The van der Waals surface area contributed by atoms with Crippen LogP contribution in [0.25, 0.3) is 0 Å². The summed E-state index contributed by atoms with van der Waals surface area (Å²) in [5.74, 6) is 1.63. The fourth-order valence-corrected chi connectivity index (χ4v) is 1.69. The van der Waals surface area contributed by atoms with E-state index in [1.165, 1.54) is 0 Å². The van der Waals surface area contributed by atoms with Crippen molar-refractivity contribution >= 4 is 11.6 Å². The minimum absolute atomic E-state index is 0.271. The van der Waals surface area contributed by atoms with Crippen LogP contribution in [0.4, 0.5) is 5.69 Å². The molecule has 0 aromatic heterocycles. The number of aryl methyl sites for hydroxylation is 1. The maximum Gasteiger partial charge on any atom is 0.195 e. The molecule has 0 radical (unpaired) electrons. The molecule has 1 heterocycles. The Labute approximate surface area is 95.4 Å². The highest BCUT2D eigenvalue weighted by atomic mass is 16.3. The van der Waals surface area contributed by atoms with Gasteiger partial charge in [0.1, 0.15) is 5.75 Å². The number of benzene rings is 1. The van der Waals surface area contributed by atoms with Crippen molar-refractivity contribution in [2.24, 2.45) is 10.9 Å². The van der Waals surface area contributed by atoms with Crippen molar-refractivity contribution in [3.8, 4) is 5.75 Å². The summed E-state index contributed by atoms with van der Waals surface area (Å²) < 4.78 is 0. The SMILES string of the molecule is Cc1cc(O)cc(NC2=NCC(C)CN2)c1. The van der Waals surface area contributed by atoms with Crippen LogP contribution in [0, 0.1) is 12.8 Å². The molecule has 0 saturated carbocycles. The van der Waals surface area contributed by atoms with E-state index in [1.807, 2.05) is 13.0 Å². The quantitative estimate of drug-likeness (QED) is 0.674. The molecule has 3 N–H and O–H groups in total. The van der Waals surface area contributed by atoms with Crippen LogP contribution in [-0.2, 0) is 0 Å². The Hall–Kier alpha value is -1.71. The smallest absolute Gasteiger partial charge is 0.195 e. The standard InChI is InChI=1S/C12H17N3O/c1-8-3-10(5-11(16)4-8)15-12-13-6-9(2)7-14-12/h3-5,9,16H,6-7H2,1-2H3,(H2,13,14,15). The predicted molar refractivity (Wildman–Crippen MR) is 65.9 cm³/mol. The molecule has 1 aromatic rings. The average molecular weight is 219 g/mol. The Kier molecular flexibility index (Phi) is 2.99. The first-order valence-corrected chi connectivity index (χ1v) is 5.49. The van der Waals surface area contributed by atoms with Crippen LogP contribution >= 0.6 is 0 Å². The molecule has 0 spiro atoms. The van der Waals surface area contributed by atoms with Crippen LogP contribution in [0.15, 0.2) is 23.2 Å². The number of aliphatic imine (C=N–C) groups is 1. The van der Waals surface area contributed by atoms with Crippen LogP contribution in [0.5, 0.6) is 5.75 Å². The molecule has 1 unspecified atom stereocenters. The highest BCUT2D eigenvalue weighted by Gasteiger charge is 2.10. The van der Waals surface area contributed by atoms with Gasteiger partial charge in [0.05, 0.1) is 0 Å². The van der Waals surface area contributed by atoms with E-state index in [0.717, 1.165) is 30.3 Å². The second kappa shape index (κ2) is 4.43. The molecule has 1 aromatic carbocycles. The highest BCUT2D eigenvalue weighted by Crippen LogP contribution is 2.19. The number of phenolic OH excluding ortho intramolecular Hbond substituents is 1. The maximum atomic E-state index is 9.47. The van der Waals surface area contributed by atoms with Crippen molar-refractivity contribution in [1.29, 1.82) is 0 Å². The van der Waals surface area contributed by atoms with Crippen molar-refractivity contribution in [2.75, 3.05) is 18.4 Å². The fraction of sp³-hybridized carbons (Fsp3) is 0.417. The summed E-state index contributed by atoms with van der Waals surface area (Å²) in [4.78, 5) is 4.38. The van der Waals surface area contributed by atoms with Gasteiger partial charge < -0.3 is 15.7 Å². The number of anilines is 1. The first-order valence-electron chi connectivity index (χ1n) is 5.49. The predicted octanol–water partition coefficient (Wildman–Crippen LogP) is 1.71. The van der Waals surface area contributed by atoms with Crippen molar-refractivity contribution in [2.45, 2.75) is 13.8 Å². The molecule has 86 valence electrons. The Balaban J connectivity index is 2.09. The monoisotopic (exact) mass is 219 g/mol. The second-order valence-corrected chi connectivity index (χ2v) is 4.36. The summed E-state index contributed by atoms with van der Waals surface area (Å²) in [5.41, 5.74) is 1.88. The zero-order valence-corrected chi connectivity index (χ0v) is 9.62. The average Bonchev–Trinajstić information content (AvgIpc) is 2.20. The van der Waals surface area contributed by atoms with Gasteiger partial charge in [-0.05, 0) is 30.5 Å². The number of rotatable bonds is 1. The van der Waals surface area contributed by atoms with Crippen molar-refractivity contribution in [3.63, 3.8) is 0 Å². The summed E-state index contributed by atoms with van der Waals surface area (Å²) >= 11 is 0. The van der Waals surface area contributed by atoms with Gasteiger partial charge in [-0.15, -0.1) is 0 Å². The van der Waals surface area contributed by atoms with E-state index in [2.05, 4.69) is 22.5 Å². The van der Waals surface area contributed by atoms with Gasteiger partial charge >= 0.3 is 0 Å². The zero-order valence-electron chi connectivity index (χ0n) is 9.62. The van der Waals surface area contributed by atoms with E-state index in [1.54, 1.807) is 12.1 Å². The number of nitrogens with zero attached hydrogens (tertiary/aromatic N) is 1. The molecule has 1 atom stereocenters. The summed E-state index contributed by atoms with van der Waals surface area (Å²) in [6.07, 6.45) is 0. The number of nitrogens with one attached hydrogen (secondary N) is 2. The van der Waals surface area contributed by atoms with Crippen LogP contribution in [0.1, 0.15) is 12.5 Å². The Morgan fingerprint density at radius 2 is 2.25 bits per heavy atom. The molecule has 0 fully saturated rings. The molecule has 4 heteroatoms. The fourth-order valence-electron chi connectivity index (χ4n) is 1.69. The van der Waals surface area contributed by atoms with Gasteiger partial charge in [0, 0.05) is 24.8 Å². The molecule has 16 heavy (non-hydrogen) atoms. The molecule has 1 aliphatic heterocycles. The normalized spacial score (nSPS) is 19.9. The number of hydrogen-bond acceptors (Lipinski definition) is 4. The first-order chi connectivity index (χ1) is 7.63. The first kappa shape index (κ1) is 10.8. The lowest BCUT2D eigenvalue weighted by molar-refractivity contribution is 0.475. The van der Waals surface area contributed by atoms with Crippen molar-refractivity contribution in [1.82, 2.24) is 5.32 Å². The van der Waals surface area contributed by atoms with Gasteiger partial charge in [0.15, 0.2) is 5.96 Å². The van der Waals surface area contributed by atoms with E-state index >= 15 is 0 Å². The third kappa shape index (κ3) is 2.66. The van der Waals surface area contributed by atoms with E-state index in [0.29, 0.717) is 5.92 Å². The minimum atomic E-state index is 0.271. The van der Waals surface area contributed by atoms with Gasteiger partial charge in [-0.2, -0.15) is 0 Å². The van der Waals surface area contributed by atoms with Crippen molar-refractivity contribution in [3.05, 3.63) is 23.8 Å². The maximum absolute atomic E-state index is 9.47. The lowest BCUT2D eigenvalue weighted by Crippen LogP contribution is -2.39. The minimum Gasteiger partial charge on any atom is -0.508 e. The third-order valence-electron chi connectivity index (χ3n) is 2.50. The number of guanidine groups is 1. The highest BCUT2D eigenvalue weighted by molar-refractivity contribution is 5.94. The number of aromatic hydroxyl groups is 1. The molecular formula is C12H17N3O. The zero-order chi connectivity index (χ0) is 11.5. The van der Waals surface area contributed by atoms with Gasteiger partial charge in [-0.25, -0.2) is 0 Å². The third-order valence-corrected chi connectivity index (χ3v) is 2.50. The topological polar surface area (TPSA) is 56.6 Å². The Morgan fingerprint density at radius 3 is 2.88 bits per heavy atom. The van der Waals surface area contributed by atoms with E-state index in [-0.39, 0.29) is 5.75 Å². The van der Waals surface area contributed by atoms with Gasteiger partial charge in [0.25, 0.3) is 0 Å². The molecule has 2 rings (SSSR count). The van der Waals surface area contributed by atoms with E-state index in [4.69, 9.17) is 0 Å². The Bertz CT molecular complexity index is 394. The summed E-state index contributed by atoms with van der Waals surface area (Å²) in [7, 11) is 0. The summed E-state index contributed by atoms with van der Waals surface area (Å²) in [5, 5.41) is 15.8. The van der Waals surface area contributed by atoms with Crippen LogP contribution < -0.4 is 10.6 Å².